The average Bonchev–Trinajstić information content (AvgIpc) is 2.85. The molecule has 0 saturated carbocycles. The normalized spacial score (nSPS) is 26.3. The van der Waals surface area contributed by atoms with Gasteiger partial charge in [0.05, 0.1) is 6.61 Å². The Morgan fingerprint density at radius 1 is 1.12 bits per heavy atom. The zero-order valence-corrected chi connectivity index (χ0v) is 19.1. The van der Waals surface area contributed by atoms with Gasteiger partial charge in [-0.25, -0.2) is 0 Å². The first-order chi connectivity index (χ1) is 16.4. The number of fused-ring (bicyclic) bond motifs is 1. The fourth-order valence-electron chi connectivity index (χ4n) is 4.25. The van der Waals surface area contributed by atoms with E-state index in [0.29, 0.717) is 0 Å². The van der Waals surface area contributed by atoms with Crippen molar-refractivity contribution in [3.8, 4) is 6.07 Å². The Morgan fingerprint density at radius 3 is 2.56 bits per heavy atom. The van der Waals surface area contributed by atoms with Crippen LogP contribution in [0.25, 0.3) is 16.8 Å². The number of aliphatic hydroxyl groups excluding tert-OH is 3. The van der Waals surface area contributed by atoms with Gasteiger partial charge in [-0.3, -0.25) is 4.79 Å². The number of ether oxygens (including phenoxy) is 1. The molecule has 4 N–H and O–H groups in total. The van der Waals surface area contributed by atoms with Crippen molar-refractivity contribution in [2.24, 2.45) is 0 Å². The molecular formula is C25H30N4O5. The Hall–Kier alpha value is -3.00. The van der Waals surface area contributed by atoms with E-state index in [1.54, 1.807) is 0 Å². The van der Waals surface area contributed by atoms with Gasteiger partial charge in [0.1, 0.15) is 36.1 Å². The average molecular weight is 467 g/mol. The third-order valence-corrected chi connectivity index (χ3v) is 6.46. The van der Waals surface area contributed by atoms with Gasteiger partial charge in [-0.15, -0.1) is 0 Å². The van der Waals surface area contributed by atoms with Crippen molar-refractivity contribution < 1.29 is 24.9 Å². The van der Waals surface area contributed by atoms with Crippen LogP contribution in [0.1, 0.15) is 5.56 Å². The number of anilines is 1. The summed E-state index contributed by atoms with van der Waals surface area (Å²) in [4.78, 5) is 17.2. The SMILES string of the molecule is CN1CCN(c2ccc3cc(/C=C(\C#N)C(=O)NC[C@H]4OC[C@H](O)[C@@H](O)[C@@H]4O)ccc3c2)CC1. The monoisotopic (exact) mass is 466 g/mol. The molecule has 2 saturated heterocycles. The van der Waals surface area contributed by atoms with Crippen LogP contribution in [0, 0.1) is 11.3 Å². The summed E-state index contributed by atoms with van der Waals surface area (Å²) in [7, 11) is 2.13. The summed E-state index contributed by atoms with van der Waals surface area (Å²) >= 11 is 0. The number of hydrogen-bond acceptors (Lipinski definition) is 8. The molecule has 2 aliphatic rings. The first kappa shape index (κ1) is 24.1. The molecule has 9 nitrogen and oxygen atoms in total. The van der Waals surface area contributed by atoms with Crippen LogP contribution in [0.3, 0.4) is 0 Å². The van der Waals surface area contributed by atoms with Crippen LogP contribution in [0.2, 0.25) is 0 Å². The van der Waals surface area contributed by atoms with Crippen LogP contribution in [0.15, 0.2) is 42.0 Å². The Labute approximate surface area is 198 Å². The summed E-state index contributed by atoms with van der Waals surface area (Å²) in [6.07, 6.45) is -3.23. The van der Waals surface area contributed by atoms with Crippen molar-refractivity contribution in [1.29, 1.82) is 5.26 Å². The van der Waals surface area contributed by atoms with E-state index in [0.717, 1.165) is 42.5 Å². The molecule has 0 bridgehead atoms. The van der Waals surface area contributed by atoms with Crippen molar-refractivity contribution in [3.63, 3.8) is 0 Å². The number of amides is 1. The minimum absolute atomic E-state index is 0.0840. The van der Waals surface area contributed by atoms with E-state index in [2.05, 4.69) is 34.3 Å². The number of nitrogens with zero attached hydrogens (tertiary/aromatic N) is 3. The fourth-order valence-corrected chi connectivity index (χ4v) is 4.25. The molecule has 2 heterocycles. The largest absolute Gasteiger partial charge is 0.388 e. The second-order valence-electron chi connectivity index (χ2n) is 8.88. The molecule has 0 aliphatic carbocycles. The van der Waals surface area contributed by atoms with E-state index in [1.807, 2.05) is 30.3 Å². The van der Waals surface area contributed by atoms with E-state index < -0.39 is 30.3 Å². The molecular weight excluding hydrogens is 436 g/mol. The van der Waals surface area contributed by atoms with Gasteiger partial charge in [0, 0.05) is 38.4 Å². The number of hydrogen-bond donors (Lipinski definition) is 4. The number of piperazine rings is 1. The van der Waals surface area contributed by atoms with Crippen molar-refractivity contribution >= 4 is 28.4 Å². The number of likely N-dealkylation sites (N-methyl/N-ethyl adjacent to an activating group) is 1. The Kier molecular flexibility index (Phi) is 7.46. The maximum absolute atomic E-state index is 12.5. The molecule has 4 rings (SSSR count). The summed E-state index contributed by atoms with van der Waals surface area (Å²) in [5.74, 6) is -0.607. The highest BCUT2D eigenvalue weighted by atomic mass is 16.5. The molecule has 4 atom stereocenters. The zero-order valence-electron chi connectivity index (χ0n) is 19.1. The highest BCUT2D eigenvalue weighted by Gasteiger charge is 2.37. The van der Waals surface area contributed by atoms with Crippen LogP contribution < -0.4 is 10.2 Å². The highest BCUT2D eigenvalue weighted by molar-refractivity contribution is 6.02. The molecule has 0 aromatic heterocycles. The molecule has 2 aromatic carbocycles. The number of benzene rings is 2. The van der Waals surface area contributed by atoms with Gasteiger partial charge in [-0.2, -0.15) is 5.26 Å². The van der Waals surface area contributed by atoms with Gasteiger partial charge in [0.15, 0.2) is 0 Å². The standard InChI is InChI=1S/C25H30N4O5/c1-28-6-8-29(9-7-28)20-5-4-17-10-16(2-3-18(17)12-20)11-19(13-26)25(33)27-14-22-24(32)23(31)21(30)15-34-22/h2-5,10-12,21-24,30-32H,6-9,14-15H2,1H3,(H,27,33)/b19-11+/t21-,22+,23+,24+/m0/s1. The molecule has 34 heavy (non-hydrogen) atoms. The lowest BCUT2D eigenvalue weighted by atomic mass is 10.00. The molecule has 2 fully saturated rings. The molecule has 0 spiro atoms. The smallest absolute Gasteiger partial charge is 0.262 e. The molecule has 1 amide bonds. The first-order valence-corrected chi connectivity index (χ1v) is 11.4. The van der Waals surface area contributed by atoms with Crippen LogP contribution in [0.5, 0.6) is 0 Å². The first-order valence-electron chi connectivity index (χ1n) is 11.4. The summed E-state index contributed by atoms with van der Waals surface area (Å²) in [6.45, 7) is 3.81. The topological polar surface area (TPSA) is 129 Å². The number of rotatable bonds is 5. The summed E-state index contributed by atoms with van der Waals surface area (Å²) < 4.78 is 5.28. The quantitative estimate of drug-likeness (QED) is 0.361. The predicted octanol–water partition coefficient (Wildman–Crippen LogP) is 0.0963. The lowest BCUT2D eigenvalue weighted by Gasteiger charge is -2.35. The molecule has 0 radical (unpaired) electrons. The van der Waals surface area contributed by atoms with Gasteiger partial charge >= 0.3 is 0 Å². The second kappa shape index (κ2) is 10.5. The highest BCUT2D eigenvalue weighted by Crippen LogP contribution is 2.25. The van der Waals surface area contributed by atoms with Crippen molar-refractivity contribution in [2.45, 2.75) is 24.4 Å². The maximum atomic E-state index is 12.5. The van der Waals surface area contributed by atoms with Gasteiger partial charge in [0.2, 0.25) is 0 Å². The Balaban J connectivity index is 1.43. The predicted molar refractivity (Wildman–Crippen MR) is 128 cm³/mol. The minimum atomic E-state index is -1.35. The van der Waals surface area contributed by atoms with E-state index in [4.69, 9.17) is 4.74 Å². The van der Waals surface area contributed by atoms with E-state index >= 15 is 0 Å². The summed E-state index contributed by atoms with van der Waals surface area (Å²) in [6, 6.07) is 14.0. The lowest BCUT2D eigenvalue weighted by Crippen LogP contribution is -2.56. The van der Waals surface area contributed by atoms with Crippen molar-refractivity contribution in [3.05, 3.63) is 47.5 Å². The molecule has 2 aromatic rings. The van der Waals surface area contributed by atoms with E-state index in [9.17, 15) is 25.4 Å². The third kappa shape index (κ3) is 5.38. The van der Waals surface area contributed by atoms with Gasteiger partial charge < -0.3 is 35.2 Å². The number of carbonyl (C=O) groups excluding carboxylic acids is 1. The molecule has 0 unspecified atom stereocenters. The summed E-state index contributed by atoms with van der Waals surface area (Å²) in [5, 5.41) is 43.4. The van der Waals surface area contributed by atoms with Crippen LogP contribution in [0.4, 0.5) is 5.69 Å². The minimum Gasteiger partial charge on any atom is -0.388 e. The van der Waals surface area contributed by atoms with Gasteiger partial charge in [-0.1, -0.05) is 18.2 Å². The van der Waals surface area contributed by atoms with Crippen LogP contribution in [-0.4, -0.2) is 96.9 Å². The van der Waals surface area contributed by atoms with Crippen LogP contribution >= 0.6 is 0 Å². The van der Waals surface area contributed by atoms with Crippen molar-refractivity contribution in [2.75, 3.05) is 51.3 Å². The van der Waals surface area contributed by atoms with E-state index in [1.165, 1.54) is 11.8 Å². The zero-order chi connectivity index (χ0) is 24.2. The summed E-state index contributed by atoms with van der Waals surface area (Å²) in [5.41, 5.74) is 1.82. The lowest BCUT2D eigenvalue weighted by molar-refractivity contribution is -0.185. The Bertz CT molecular complexity index is 1110. The fraction of sp³-hybridized carbons (Fsp3) is 0.440. The number of carbonyl (C=O) groups is 1. The number of nitrogens with one attached hydrogen (secondary N) is 1. The maximum Gasteiger partial charge on any atom is 0.262 e. The number of aliphatic hydroxyl groups is 3. The molecule has 9 heteroatoms. The van der Waals surface area contributed by atoms with Gasteiger partial charge in [0.25, 0.3) is 5.91 Å². The third-order valence-electron chi connectivity index (χ3n) is 6.46. The Morgan fingerprint density at radius 2 is 1.82 bits per heavy atom. The second-order valence-corrected chi connectivity index (χ2v) is 8.88. The number of nitriles is 1. The van der Waals surface area contributed by atoms with Crippen LogP contribution in [-0.2, 0) is 9.53 Å². The molecule has 180 valence electrons. The van der Waals surface area contributed by atoms with Crippen molar-refractivity contribution in [1.82, 2.24) is 10.2 Å². The molecule has 2 aliphatic heterocycles. The van der Waals surface area contributed by atoms with E-state index in [-0.39, 0.29) is 18.7 Å². The van der Waals surface area contributed by atoms with Gasteiger partial charge in [-0.05, 0) is 47.7 Å².